The summed E-state index contributed by atoms with van der Waals surface area (Å²) in [6.07, 6.45) is 1.46. The molecule has 0 saturated carbocycles. The number of pyridine rings is 1. The van der Waals surface area contributed by atoms with E-state index in [1.807, 2.05) is 13.0 Å². The maximum Gasteiger partial charge on any atom is 0.266 e. The van der Waals surface area contributed by atoms with Gasteiger partial charge in [0.25, 0.3) is 5.91 Å². The molecule has 1 amide bonds. The van der Waals surface area contributed by atoms with E-state index in [4.69, 9.17) is 10.00 Å². The molecule has 0 aromatic carbocycles. The Kier molecular flexibility index (Phi) is 3.54. The number of carbonyl (C=O) groups excluding carboxylic acids is 1. The zero-order chi connectivity index (χ0) is 14.8. The number of aryl methyl sites for hydroxylation is 1. The Morgan fingerprint density at radius 1 is 1.52 bits per heavy atom. The standard InChI is InChI=1S/C14H12N4O2S/c1-9-13(21-8-17-9)14(19)18-6-11(7-18)20-12-4-10(5-15)2-3-16-12/h2-4,8,11H,6-7H2,1H3. The second kappa shape index (κ2) is 5.50. The van der Waals surface area contributed by atoms with Crippen LogP contribution in [0.25, 0.3) is 0 Å². The summed E-state index contributed by atoms with van der Waals surface area (Å²) < 4.78 is 5.65. The summed E-state index contributed by atoms with van der Waals surface area (Å²) in [4.78, 5) is 22.7. The molecule has 0 bridgehead atoms. The Morgan fingerprint density at radius 3 is 3.00 bits per heavy atom. The summed E-state index contributed by atoms with van der Waals surface area (Å²) >= 11 is 1.35. The van der Waals surface area contributed by atoms with Crippen molar-refractivity contribution in [2.75, 3.05) is 13.1 Å². The molecule has 3 heterocycles. The highest BCUT2D eigenvalue weighted by Gasteiger charge is 2.34. The first-order valence-electron chi connectivity index (χ1n) is 6.39. The van der Waals surface area contributed by atoms with Crippen LogP contribution in [0.3, 0.4) is 0 Å². The summed E-state index contributed by atoms with van der Waals surface area (Å²) in [5.74, 6) is 0.411. The van der Waals surface area contributed by atoms with Crippen molar-refractivity contribution in [1.82, 2.24) is 14.9 Å². The maximum atomic E-state index is 12.2. The molecule has 2 aromatic heterocycles. The monoisotopic (exact) mass is 300 g/mol. The van der Waals surface area contributed by atoms with Crippen molar-refractivity contribution in [1.29, 1.82) is 5.26 Å². The SMILES string of the molecule is Cc1ncsc1C(=O)N1CC(Oc2cc(C#N)ccn2)C1. The van der Waals surface area contributed by atoms with Crippen LogP contribution in [0.4, 0.5) is 0 Å². The average Bonchev–Trinajstić information content (AvgIpc) is 2.88. The minimum Gasteiger partial charge on any atom is -0.471 e. The van der Waals surface area contributed by atoms with Crippen LogP contribution in [-0.4, -0.2) is 40.0 Å². The largest absolute Gasteiger partial charge is 0.471 e. The average molecular weight is 300 g/mol. The van der Waals surface area contributed by atoms with Gasteiger partial charge in [-0.1, -0.05) is 0 Å². The van der Waals surface area contributed by atoms with Gasteiger partial charge in [-0.3, -0.25) is 4.79 Å². The molecule has 1 fully saturated rings. The predicted molar refractivity (Wildman–Crippen MR) is 76.1 cm³/mol. The molecule has 21 heavy (non-hydrogen) atoms. The second-order valence-electron chi connectivity index (χ2n) is 4.71. The number of aromatic nitrogens is 2. The van der Waals surface area contributed by atoms with Gasteiger partial charge in [-0.05, 0) is 13.0 Å². The van der Waals surface area contributed by atoms with E-state index in [1.54, 1.807) is 22.5 Å². The molecule has 0 atom stereocenters. The van der Waals surface area contributed by atoms with Crippen molar-refractivity contribution in [3.8, 4) is 11.9 Å². The number of amides is 1. The Bertz CT molecular complexity index is 716. The molecule has 6 nitrogen and oxygen atoms in total. The molecule has 1 aliphatic heterocycles. The molecule has 0 unspecified atom stereocenters. The van der Waals surface area contributed by atoms with Gasteiger partial charge in [0.15, 0.2) is 0 Å². The highest BCUT2D eigenvalue weighted by atomic mass is 32.1. The third kappa shape index (κ3) is 2.71. The number of hydrogen-bond acceptors (Lipinski definition) is 6. The van der Waals surface area contributed by atoms with E-state index in [2.05, 4.69) is 9.97 Å². The van der Waals surface area contributed by atoms with E-state index >= 15 is 0 Å². The van der Waals surface area contributed by atoms with E-state index in [1.165, 1.54) is 17.5 Å². The van der Waals surface area contributed by atoms with E-state index < -0.39 is 0 Å². The van der Waals surface area contributed by atoms with E-state index in [9.17, 15) is 4.79 Å². The molecule has 3 rings (SSSR count). The zero-order valence-electron chi connectivity index (χ0n) is 11.3. The molecule has 2 aromatic rings. The first kappa shape index (κ1) is 13.5. The van der Waals surface area contributed by atoms with Gasteiger partial charge in [0.1, 0.15) is 11.0 Å². The molecule has 1 aliphatic rings. The van der Waals surface area contributed by atoms with Gasteiger partial charge >= 0.3 is 0 Å². The first-order valence-corrected chi connectivity index (χ1v) is 7.27. The lowest BCUT2D eigenvalue weighted by Crippen LogP contribution is -2.56. The number of carbonyl (C=O) groups is 1. The normalized spacial score (nSPS) is 14.4. The predicted octanol–water partition coefficient (Wildman–Crippen LogP) is 1.62. The number of likely N-dealkylation sites (tertiary alicyclic amines) is 1. The topological polar surface area (TPSA) is 79.1 Å². The van der Waals surface area contributed by atoms with Gasteiger partial charge in [-0.2, -0.15) is 5.26 Å². The van der Waals surface area contributed by atoms with Crippen LogP contribution in [0.1, 0.15) is 20.9 Å². The van der Waals surface area contributed by atoms with Crippen LogP contribution in [0.15, 0.2) is 23.8 Å². The molecular weight excluding hydrogens is 288 g/mol. The lowest BCUT2D eigenvalue weighted by Gasteiger charge is -2.38. The summed E-state index contributed by atoms with van der Waals surface area (Å²) in [5.41, 5.74) is 2.94. The summed E-state index contributed by atoms with van der Waals surface area (Å²) in [6, 6.07) is 5.25. The fraction of sp³-hybridized carbons (Fsp3) is 0.286. The Morgan fingerprint density at radius 2 is 2.33 bits per heavy atom. The van der Waals surface area contributed by atoms with Crippen molar-refractivity contribution in [3.63, 3.8) is 0 Å². The van der Waals surface area contributed by atoms with Gasteiger partial charge in [0, 0.05) is 12.3 Å². The number of nitrogens with zero attached hydrogens (tertiary/aromatic N) is 4. The molecule has 0 N–H and O–H groups in total. The van der Waals surface area contributed by atoms with Crippen molar-refractivity contribution >= 4 is 17.2 Å². The molecule has 106 valence electrons. The van der Waals surface area contributed by atoms with Crippen molar-refractivity contribution in [3.05, 3.63) is 40.0 Å². The van der Waals surface area contributed by atoms with Crippen LogP contribution < -0.4 is 4.74 Å². The number of hydrogen-bond donors (Lipinski definition) is 0. The molecular formula is C14H12N4O2S. The van der Waals surface area contributed by atoms with Crippen LogP contribution in [0, 0.1) is 18.3 Å². The fourth-order valence-electron chi connectivity index (χ4n) is 2.04. The Hall–Kier alpha value is -2.46. The molecule has 0 spiro atoms. The van der Waals surface area contributed by atoms with Crippen LogP contribution in [0.2, 0.25) is 0 Å². The van der Waals surface area contributed by atoms with Gasteiger partial charge in [0.05, 0.1) is 35.9 Å². The van der Waals surface area contributed by atoms with E-state index in [-0.39, 0.29) is 12.0 Å². The fourth-order valence-corrected chi connectivity index (χ4v) is 2.81. The van der Waals surface area contributed by atoms with Gasteiger partial charge in [-0.15, -0.1) is 11.3 Å². The minimum atomic E-state index is -0.0800. The number of ether oxygens (including phenoxy) is 1. The smallest absolute Gasteiger partial charge is 0.266 e. The van der Waals surface area contributed by atoms with Gasteiger partial charge in [-0.25, -0.2) is 9.97 Å². The first-order chi connectivity index (χ1) is 10.2. The summed E-state index contributed by atoms with van der Waals surface area (Å²) in [5, 5.41) is 8.82. The lowest BCUT2D eigenvalue weighted by atomic mass is 10.1. The zero-order valence-corrected chi connectivity index (χ0v) is 12.1. The minimum absolute atomic E-state index is 0.00594. The highest BCUT2D eigenvalue weighted by molar-refractivity contribution is 7.11. The van der Waals surface area contributed by atoms with Gasteiger partial charge < -0.3 is 9.64 Å². The van der Waals surface area contributed by atoms with Gasteiger partial charge in [0.2, 0.25) is 5.88 Å². The molecule has 0 radical (unpaired) electrons. The third-order valence-corrected chi connectivity index (χ3v) is 4.14. The van der Waals surface area contributed by atoms with E-state index in [0.717, 1.165) is 5.69 Å². The quantitative estimate of drug-likeness (QED) is 0.860. The van der Waals surface area contributed by atoms with Crippen molar-refractivity contribution < 1.29 is 9.53 Å². The molecule has 7 heteroatoms. The second-order valence-corrected chi connectivity index (χ2v) is 5.57. The van der Waals surface area contributed by atoms with Crippen molar-refractivity contribution in [2.24, 2.45) is 0 Å². The highest BCUT2D eigenvalue weighted by Crippen LogP contribution is 2.22. The maximum absolute atomic E-state index is 12.2. The summed E-state index contributed by atoms with van der Waals surface area (Å²) in [6.45, 7) is 2.87. The third-order valence-electron chi connectivity index (χ3n) is 3.23. The van der Waals surface area contributed by atoms with E-state index in [0.29, 0.717) is 29.4 Å². The Balaban J connectivity index is 1.58. The van der Waals surface area contributed by atoms with Crippen LogP contribution >= 0.6 is 11.3 Å². The Labute approximate surface area is 125 Å². The lowest BCUT2D eigenvalue weighted by molar-refractivity contribution is 0.0163. The van der Waals surface area contributed by atoms with Crippen LogP contribution in [-0.2, 0) is 0 Å². The molecule has 1 saturated heterocycles. The van der Waals surface area contributed by atoms with Crippen LogP contribution in [0.5, 0.6) is 5.88 Å². The number of nitriles is 1. The number of thiazole rings is 1. The summed E-state index contributed by atoms with van der Waals surface area (Å²) in [7, 11) is 0. The van der Waals surface area contributed by atoms with Crippen molar-refractivity contribution in [2.45, 2.75) is 13.0 Å². The molecule has 0 aliphatic carbocycles. The number of rotatable bonds is 3.